The molecule has 2 aromatic rings. The minimum atomic E-state index is -4.21. The maximum absolute atomic E-state index is 13.6. The Balaban J connectivity index is 0.000000309. The number of hydrogen-bond donors (Lipinski definition) is 2. The largest absolute Gasteiger partial charge is 0.416 e. The first kappa shape index (κ1) is 23.4. The molecule has 0 radical (unpaired) electrons. The summed E-state index contributed by atoms with van der Waals surface area (Å²) in [4.78, 5) is 4.04. The molecule has 8 heteroatoms. The molecule has 1 heterocycles. The van der Waals surface area contributed by atoms with Gasteiger partial charge >= 0.3 is 6.18 Å². The lowest BCUT2D eigenvalue weighted by atomic mass is 10.1. The first-order chi connectivity index (χ1) is 12.5. The first-order valence-corrected chi connectivity index (χ1v) is 9.13. The van der Waals surface area contributed by atoms with Crippen LogP contribution in [0.25, 0.3) is 0 Å². The molecule has 1 unspecified atom stereocenters. The molecular formula is C19H24F4N2OS. The molecule has 1 aromatic carbocycles. The number of aliphatic hydroxyl groups is 1. The standard InChI is InChI=1S/C12H19FN2OS.C7H5F3/c1-12(2,3)17-15-10(6-8-16)11-9(13)5-4-7-14-11;8-7(9,10)6-4-2-1-3-5-6/h4-5,7,10,15-16H,6,8H2,1-3H3;1-5H. The Morgan fingerprint density at radius 3 is 2.15 bits per heavy atom. The number of aromatic nitrogens is 1. The highest BCUT2D eigenvalue weighted by Gasteiger charge is 2.29. The molecule has 1 aromatic heterocycles. The van der Waals surface area contributed by atoms with Crippen LogP contribution < -0.4 is 4.72 Å². The second kappa shape index (κ2) is 10.6. The van der Waals surface area contributed by atoms with Crippen LogP contribution in [0.1, 0.15) is 44.5 Å². The van der Waals surface area contributed by atoms with Crippen molar-refractivity contribution < 1.29 is 22.7 Å². The number of aliphatic hydroxyl groups excluding tert-OH is 1. The third-order valence-electron chi connectivity index (χ3n) is 3.14. The van der Waals surface area contributed by atoms with Crippen molar-refractivity contribution in [3.8, 4) is 0 Å². The Bertz CT molecular complexity index is 675. The van der Waals surface area contributed by atoms with E-state index in [-0.39, 0.29) is 23.2 Å². The van der Waals surface area contributed by atoms with E-state index in [1.165, 1.54) is 30.1 Å². The minimum Gasteiger partial charge on any atom is -0.396 e. The summed E-state index contributed by atoms with van der Waals surface area (Å²) in [6.07, 6.45) is -2.20. The van der Waals surface area contributed by atoms with Gasteiger partial charge in [0.2, 0.25) is 0 Å². The number of hydrogen-bond acceptors (Lipinski definition) is 4. The van der Waals surface area contributed by atoms with E-state index in [2.05, 4.69) is 30.5 Å². The molecule has 0 aliphatic carbocycles. The van der Waals surface area contributed by atoms with Crippen molar-refractivity contribution in [1.82, 2.24) is 9.71 Å². The zero-order valence-corrected chi connectivity index (χ0v) is 16.2. The molecule has 0 amide bonds. The molecule has 1 atom stereocenters. The number of nitrogens with zero attached hydrogens (tertiary/aromatic N) is 1. The van der Waals surface area contributed by atoms with Crippen LogP contribution in [0.3, 0.4) is 0 Å². The van der Waals surface area contributed by atoms with E-state index in [0.29, 0.717) is 12.1 Å². The van der Waals surface area contributed by atoms with Gasteiger partial charge in [0.1, 0.15) is 5.82 Å². The second-order valence-electron chi connectivity index (χ2n) is 6.63. The Kier molecular flexibility index (Phi) is 9.21. The summed E-state index contributed by atoms with van der Waals surface area (Å²) < 4.78 is 52.2. The van der Waals surface area contributed by atoms with Crippen LogP contribution in [0.15, 0.2) is 48.7 Å². The number of halogens is 4. The highest BCUT2D eigenvalue weighted by Crippen LogP contribution is 2.28. The SMILES string of the molecule is CC(C)(C)SNC(CCO)c1ncccc1F.FC(F)(F)c1ccccc1. The average molecular weight is 404 g/mol. The highest BCUT2D eigenvalue weighted by molar-refractivity contribution is 7.98. The summed E-state index contributed by atoms with van der Waals surface area (Å²) in [5.74, 6) is -0.340. The fourth-order valence-electron chi connectivity index (χ4n) is 1.91. The van der Waals surface area contributed by atoms with Crippen LogP contribution in [0.5, 0.6) is 0 Å². The van der Waals surface area contributed by atoms with E-state index in [0.717, 1.165) is 12.1 Å². The summed E-state index contributed by atoms with van der Waals surface area (Å²) in [6.45, 7) is 6.19. The quantitative estimate of drug-likeness (QED) is 0.518. The summed E-state index contributed by atoms with van der Waals surface area (Å²) >= 11 is 1.52. The molecule has 2 rings (SSSR count). The van der Waals surface area contributed by atoms with Gasteiger partial charge in [0, 0.05) is 17.6 Å². The van der Waals surface area contributed by atoms with Gasteiger partial charge in [-0.3, -0.25) is 9.71 Å². The average Bonchev–Trinajstić information content (AvgIpc) is 2.59. The zero-order valence-electron chi connectivity index (χ0n) is 15.4. The van der Waals surface area contributed by atoms with Crippen molar-refractivity contribution in [2.24, 2.45) is 0 Å². The smallest absolute Gasteiger partial charge is 0.396 e. The van der Waals surface area contributed by atoms with Crippen LogP contribution in [-0.2, 0) is 6.18 Å². The van der Waals surface area contributed by atoms with Crippen molar-refractivity contribution in [3.63, 3.8) is 0 Å². The molecule has 0 bridgehead atoms. The maximum atomic E-state index is 13.6. The van der Waals surface area contributed by atoms with E-state index < -0.39 is 11.7 Å². The van der Waals surface area contributed by atoms with Gasteiger partial charge in [-0.05, 0) is 39.3 Å². The van der Waals surface area contributed by atoms with Crippen molar-refractivity contribution in [3.05, 3.63) is 65.7 Å². The lowest BCUT2D eigenvalue weighted by Crippen LogP contribution is -2.24. The Morgan fingerprint density at radius 1 is 1.07 bits per heavy atom. The van der Waals surface area contributed by atoms with Gasteiger partial charge < -0.3 is 5.11 Å². The molecule has 2 N–H and O–H groups in total. The Morgan fingerprint density at radius 2 is 1.70 bits per heavy atom. The molecule has 27 heavy (non-hydrogen) atoms. The molecule has 0 saturated heterocycles. The van der Waals surface area contributed by atoms with Gasteiger partial charge in [0.25, 0.3) is 0 Å². The van der Waals surface area contributed by atoms with Crippen molar-refractivity contribution in [2.45, 2.75) is 44.2 Å². The van der Waals surface area contributed by atoms with Gasteiger partial charge in [-0.1, -0.05) is 42.3 Å². The molecule has 0 fully saturated rings. The number of pyridine rings is 1. The lowest BCUT2D eigenvalue weighted by molar-refractivity contribution is -0.137. The molecule has 0 saturated carbocycles. The predicted octanol–water partition coefficient (Wildman–Crippen LogP) is 5.39. The summed E-state index contributed by atoms with van der Waals surface area (Å²) in [5, 5.41) is 9.02. The van der Waals surface area contributed by atoms with E-state index in [1.54, 1.807) is 18.3 Å². The highest BCUT2D eigenvalue weighted by atomic mass is 32.2. The Labute approximate surface area is 161 Å². The number of nitrogens with one attached hydrogen (secondary N) is 1. The lowest BCUT2D eigenvalue weighted by Gasteiger charge is -2.23. The summed E-state index contributed by atoms with van der Waals surface area (Å²) in [6, 6.07) is 9.04. The van der Waals surface area contributed by atoms with E-state index in [4.69, 9.17) is 5.11 Å². The molecule has 0 spiro atoms. The van der Waals surface area contributed by atoms with Gasteiger partial charge in [0.05, 0.1) is 17.3 Å². The van der Waals surface area contributed by atoms with Gasteiger partial charge in [-0.15, -0.1) is 0 Å². The third-order valence-corrected chi connectivity index (χ3v) is 4.16. The molecule has 0 aliphatic rings. The van der Waals surface area contributed by atoms with Crippen molar-refractivity contribution in [2.75, 3.05) is 6.61 Å². The van der Waals surface area contributed by atoms with E-state index in [9.17, 15) is 17.6 Å². The zero-order chi connectivity index (χ0) is 20.5. The normalized spacial score (nSPS) is 12.9. The van der Waals surface area contributed by atoms with E-state index >= 15 is 0 Å². The monoisotopic (exact) mass is 404 g/mol. The van der Waals surface area contributed by atoms with Crippen LogP contribution in [0, 0.1) is 5.82 Å². The number of rotatable bonds is 5. The number of benzene rings is 1. The minimum absolute atomic E-state index is 0.00160. The molecule has 150 valence electrons. The van der Waals surface area contributed by atoms with E-state index in [1.807, 2.05) is 0 Å². The maximum Gasteiger partial charge on any atom is 0.416 e. The fraction of sp³-hybridized carbons (Fsp3) is 0.421. The summed E-state index contributed by atoms with van der Waals surface area (Å²) in [5.41, 5.74) is -0.242. The Hall–Kier alpha value is -1.64. The van der Waals surface area contributed by atoms with Crippen LogP contribution >= 0.6 is 11.9 Å². The summed E-state index contributed by atoms with van der Waals surface area (Å²) in [7, 11) is 0. The van der Waals surface area contributed by atoms with Gasteiger partial charge in [-0.2, -0.15) is 13.2 Å². The van der Waals surface area contributed by atoms with Crippen LogP contribution in [-0.4, -0.2) is 21.4 Å². The molecular weight excluding hydrogens is 380 g/mol. The fourth-order valence-corrected chi connectivity index (χ4v) is 2.64. The van der Waals surface area contributed by atoms with Crippen molar-refractivity contribution >= 4 is 11.9 Å². The van der Waals surface area contributed by atoms with Gasteiger partial charge in [-0.25, -0.2) is 4.39 Å². The molecule has 0 aliphatic heterocycles. The second-order valence-corrected chi connectivity index (χ2v) is 8.30. The number of alkyl halides is 3. The van der Waals surface area contributed by atoms with Crippen LogP contribution in [0.4, 0.5) is 17.6 Å². The first-order valence-electron chi connectivity index (χ1n) is 8.31. The predicted molar refractivity (Wildman–Crippen MR) is 101 cm³/mol. The third kappa shape index (κ3) is 9.21. The topological polar surface area (TPSA) is 45.1 Å². The van der Waals surface area contributed by atoms with Crippen molar-refractivity contribution in [1.29, 1.82) is 0 Å². The van der Waals surface area contributed by atoms with Crippen LogP contribution in [0.2, 0.25) is 0 Å². The van der Waals surface area contributed by atoms with Gasteiger partial charge in [0.15, 0.2) is 0 Å². The molecule has 3 nitrogen and oxygen atoms in total.